The van der Waals surface area contributed by atoms with E-state index >= 15 is 0 Å². The van der Waals surface area contributed by atoms with Gasteiger partial charge >= 0.3 is 5.97 Å². The molecule has 0 saturated carbocycles. The number of rotatable bonds is 5. The highest BCUT2D eigenvalue weighted by molar-refractivity contribution is 6.33. The number of esters is 1. The van der Waals surface area contributed by atoms with Crippen LogP contribution in [0.3, 0.4) is 0 Å². The molecule has 0 aliphatic rings. The third-order valence-electron chi connectivity index (χ3n) is 4.03. The highest BCUT2D eigenvalue weighted by Gasteiger charge is 2.24. The van der Waals surface area contributed by atoms with E-state index in [1.165, 1.54) is 13.2 Å². The van der Waals surface area contributed by atoms with Crippen LogP contribution in [0.5, 0.6) is 0 Å². The molecule has 0 bridgehead atoms. The first kappa shape index (κ1) is 19.6. The number of hydrogen-bond acceptors (Lipinski definition) is 3. The SMILES string of the molecule is COC(=O)c1c(C=Cc2ccccc2)cc(F)c(F)c1Nc1ccccc1Cl. The number of carbonyl (C=O) groups excluding carboxylic acids is 1. The third-order valence-corrected chi connectivity index (χ3v) is 4.36. The van der Waals surface area contributed by atoms with Crippen molar-refractivity contribution in [1.29, 1.82) is 0 Å². The number of methoxy groups -OCH3 is 1. The summed E-state index contributed by atoms with van der Waals surface area (Å²) in [5.74, 6) is -3.10. The summed E-state index contributed by atoms with van der Waals surface area (Å²) in [6.45, 7) is 0. The molecule has 0 aliphatic heterocycles. The molecule has 0 fully saturated rings. The second kappa shape index (κ2) is 8.67. The van der Waals surface area contributed by atoms with Crippen molar-refractivity contribution in [3.05, 3.63) is 94.0 Å². The van der Waals surface area contributed by atoms with E-state index < -0.39 is 17.6 Å². The van der Waals surface area contributed by atoms with Crippen LogP contribution in [0.25, 0.3) is 12.2 Å². The maximum atomic E-state index is 14.6. The number of benzene rings is 3. The molecule has 0 unspecified atom stereocenters. The lowest BCUT2D eigenvalue weighted by atomic mass is 10.0. The summed E-state index contributed by atoms with van der Waals surface area (Å²) in [5, 5.41) is 3.02. The summed E-state index contributed by atoms with van der Waals surface area (Å²) >= 11 is 6.10. The number of anilines is 2. The Labute approximate surface area is 166 Å². The highest BCUT2D eigenvalue weighted by Crippen LogP contribution is 2.33. The van der Waals surface area contributed by atoms with Crippen molar-refractivity contribution in [2.24, 2.45) is 0 Å². The van der Waals surface area contributed by atoms with Gasteiger partial charge in [-0.15, -0.1) is 0 Å². The van der Waals surface area contributed by atoms with Crippen LogP contribution < -0.4 is 5.32 Å². The topological polar surface area (TPSA) is 38.3 Å². The predicted molar refractivity (Wildman–Crippen MR) is 108 cm³/mol. The molecule has 3 aromatic carbocycles. The summed E-state index contributed by atoms with van der Waals surface area (Å²) < 4.78 is 33.7. The van der Waals surface area contributed by atoms with E-state index in [-0.39, 0.29) is 16.8 Å². The quantitative estimate of drug-likeness (QED) is 0.403. The number of halogens is 3. The fraction of sp³-hybridized carbons (Fsp3) is 0.0455. The summed E-state index contributed by atoms with van der Waals surface area (Å²) in [4.78, 5) is 12.4. The van der Waals surface area contributed by atoms with Gasteiger partial charge in [0.05, 0.1) is 29.1 Å². The molecule has 3 nitrogen and oxygen atoms in total. The van der Waals surface area contributed by atoms with Crippen molar-refractivity contribution in [2.45, 2.75) is 0 Å². The van der Waals surface area contributed by atoms with E-state index in [2.05, 4.69) is 5.32 Å². The zero-order valence-electron chi connectivity index (χ0n) is 14.9. The van der Waals surface area contributed by atoms with Gasteiger partial charge < -0.3 is 10.1 Å². The van der Waals surface area contributed by atoms with Gasteiger partial charge in [-0.3, -0.25) is 0 Å². The molecule has 0 heterocycles. The molecular formula is C22H16ClF2NO2. The standard InChI is InChI=1S/C22H16ClF2NO2/c1-28-22(27)19-15(12-11-14-7-3-2-4-8-14)13-17(24)20(25)21(19)26-18-10-6-5-9-16(18)23/h2-13,26H,1H3. The number of para-hydroxylation sites is 1. The van der Waals surface area contributed by atoms with Crippen molar-refractivity contribution < 1.29 is 18.3 Å². The monoisotopic (exact) mass is 399 g/mol. The predicted octanol–water partition coefficient (Wildman–Crippen LogP) is 6.32. The number of carbonyl (C=O) groups is 1. The van der Waals surface area contributed by atoms with Gasteiger partial charge in [0.25, 0.3) is 0 Å². The molecule has 0 aliphatic carbocycles. The van der Waals surface area contributed by atoms with E-state index in [9.17, 15) is 13.6 Å². The van der Waals surface area contributed by atoms with Crippen molar-refractivity contribution in [2.75, 3.05) is 12.4 Å². The van der Waals surface area contributed by atoms with Crippen LogP contribution in [-0.2, 0) is 4.74 Å². The molecule has 0 atom stereocenters. The molecule has 0 amide bonds. The Hall–Kier alpha value is -3.18. The molecule has 28 heavy (non-hydrogen) atoms. The van der Waals surface area contributed by atoms with E-state index in [0.29, 0.717) is 10.7 Å². The minimum absolute atomic E-state index is 0.131. The smallest absolute Gasteiger partial charge is 0.340 e. The number of hydrogen-bond donors (Lipinski definition) is 1. The molecule has 3 rings (SSSR count). The number of nitrogens with one attached hydrogen (secondary N) is 1. The largest absolute Gasteiger partial charge is 0.465 e. The second-order valence-corrected chi connectivity index (χ2v) is 6.26. The first-order chi connectivity index (χ1) is 13.5. The van der Waals surface area contributed by atoms with Gasteiger partial charge in [0.1, 0.15) is 0 Å². The molecule has 3 aromatic rings. The van der Waals surface area contributed by atoms with Crippen LogP contribution in [0.1, 0.15) is 21.5 Å². The Balaban J connectivity index is 2.15. The van der Waals surface area contributed by atoms with Gasteiger partial charge in [0, 0.05) is 0 Å². The third kappa shape index (κ3) is 4.21. The Kier molecular flexibility index (Phi) is 6.06. The Morgan fingerprint density at radius 2 is 1.71 bits per heavy atom. The Bertz CT molecular complexity index is 1040. The molecule has 142 valence electrons. The van der Waals surface area contributed by atoms with Gasteiger partial charge in [-0.1, -0.05) is 66.2 Å². The summed E-state index contributed by atoms with van der Waals surface area (Å²) in [7, 11) is 1.17. The van der Waals surface area contributed by atoms with Crippen molar-refractivity contribution in [3.63, 3.8) is 0 Å². The summed E-state index contributed by atoms with van der Waals surface area (Å²) in [5.41, 5.74) is 0.866. The molecular weight excluding hydrogens is 384 g/mol. The highest BCUT2D eigenvalue weighted by atomic mass is 35.5. The fourth-order valence-electron chi connectivity index (χ4n) is 2.66. The zero-order valence-corrected chi connectivity index (χ0v) is 15.6. The van der Waals surface area contributed by atoms with Crippen LogP contribution >= 0.6 is 11.6 Å². The molecule has 6 heteroatoms. The van der Waals surface area contributed by atoms with E-state index in [4.69, 9.17) is 16.3 Å². The second-order valence-electron chi connectivity index (χ2n) is 5.85. The molecule has 1 N–H and O–H groups in total. The zero-order chi connectivity index (χ0) is 20.1. The molecule has 0 radical (unpaired) electrons. The van der Waals surface area contributed by atoms with Crippen LogP contribution in [0.2, 0.25) is 5.02 Å². The van der Waals surface area contributed by atoms with Crippen molar-refractivity contribution in [1.82, 2.24) is 0 Å². The van der Waals surface area contributed by atoms with Gasteiger partial charge in [-0.25, -0.2) is 13.6 Å². The van der Waals surface area contributed by atoms with Crippen LogP contribution in [-0.4, -0.2) is 13.1 Å². The van der Waals surface area contributed by atoms with Gasteiger partial charge in [0.2, 0.25) is 0 Å². The molecule has 0 spiro atoms. The van der Waals surface area contributed by atoms with E-state index in [0.717, 1.165) is 11.6 Å². The lowest BCUT2D eigenvalue weighted by molar-refractivity contribution is 0.0601. The van der Waals surface area contributed by atoms with Crippen molar-refractivity contribution >= 4 is 41.1 Å². The lowest BCUT2D eigenvalue weighted by Gasteiger charge is -2.16. The van der Waals surface area contributed by atoms with E-state index in [1.807, 2.05) is 30.3 Å². The van der Waals surface area contributed by atoms with Crippen LogP contribution in [0, 0.1) is 11.6 Å². The minimum atomic E-state index is -1.20. The summed E-state index contributed by atoms with van der Waals surface area (Å²) in [6, 6.07) is 16.8. The molecule has 0 saturated heterocycles. The maximum absolute atomic E-state index is 14.6. The van der Waals surface area contributed by atoms with Crippen LogP contribution in [0.15, 0.2) is 60.7 Å². The van der Waals surface area contributed by atoms with Crippen LogP contribution in [0.4, 0.5) is 20.2 Å². The molecule has 0 aromatic heterocycles. The normalized spacial score (nSPS) is 10.9. The first-order valence-electron chi connectivity index (χ1n) is 8.36. The average molecular weight is 400 g/mol. The maximum Gasteiger partial charge on any atom is 0.340 e. The van der Waals surface area contributed by atoms with Gasteiger partial charge in [-0.2, -0.15) is 0 Å². The first-order valence-corrected chi connectivity index (χ1v) is 8.74. The summed E-state index contributed by atoms with van der Waals surface area (Å²) in [6.07, 6.45) is 3.22. The number of ether oxygens (including phenoxy) is 1. The Morgan fingerprint density at radius 3 is 2.39 bits per heavy atom. The van der Waals surface area contributed by atoms with Crippen molar-refractivity contribution in [3.8, 4) is 0 Å². The van der Waals surface area contributed by atoms with Gasteiger partial charge in [-0.05, 0) is 29.3 Å². The van der Waals surface area contributed by atoms with Gasteiger partial charge in [0.15, 0.2) is 11.6 Å². The van der Waals surface area contributed by atoms with E-state index in [1.54, 1.807) is 30.3 Å². The average Bonchev–Trinajstić information content (AvgIpc) is 2.71. The lowest BCUT2D eigenvalue weighted by Crippen LogP contribution is -2.11. The Morgan fingerprint density at radius 1 is 1.04 bits per heavy atom. The minimum Gasteiger partial charge on any atom is -0.465 e. The fourth-order valence-corrected chi connectivity index (χ4v) is 2.85.